The van der Waals surface area contributed by atoms with Gasteiger partial charge in [-0.15, -0.1) is 0 Å². The first kappa shape index (κ1) is 11.8. The molecule has 0 aromatic carbocycles. The van der Waals surface area contributed by atoms with Crippen LogP contribution in [0.3, 0.4) is 0 Å². The monoisotopic (exact) mass is 227 g/mol. The fraction of sp³-hybridized carbons (Fsp3) is 0.909. The van der Waals surface area contributed by atoms with E-state index in [9.17, 15) is 4.79 Å². The van der Waals surface area contributed by atoms with E-state index < -0.39 is 5.54 Å². The van der Waals surface area contributed by atoms with Gasteiger partial charge in [0.1, 0.15) is 0 Å². The van der Waals surface area contributed by atoms with E-state index in [1.54, 1.807) is 0 Å². The van der Waals surface area contributed by atoms with Crippen LogP contribution in [0.5, 0.6) is 0 Å². The molecule has 0 aliphatic carbocycles. The Morgan fingerprint density at radius 3 is 2.75 bits per heavy atom. The van der Waals surface area contributed by atoms with E-state index in [1.807, 2.05) is 11.9 Å². The Hall–Kier alpha value is -0.650. The normalized spacial score (nSPS) is 32.3. The Labute approximate surface area is 96.5 Å². The first-order valence-electron chi connectivity index (χ1n) is 6.09. The van der Waals surface area contributed by atoms with Crippen molar-refractivity contribution in [1.82, 2.24) is 15.8 Å². The number of rotatable bonds is 2. The van der Waals surface area contributed by atoms with Gasteiger partial charge in [0, 0.05) is 13.1 Å². The van der Waals surface area contributed by atoms with Crippen molar-refractivity contribution in [2.24, 2.45) is 0 Å². The molecule has 5 nitrogen and oxygen atoms in total. The van der Waals surface area contributed by atoms with Crippen LogP contribution in [0.2, 0.25) is 0 Å². The Balaban J connectivity index is 1.85. The predicted molar refractivity (Wildman–Crippen MR) is 60.8 cm³/mol. The third-order valence-electron chi connectivity index (χ3n) is 3.39. The van der Waals surface area contributed by atoms with Gasteiger partial charge < -0.3 is 10.1 Å². The molecule has 0 spiro atoms. The summed E-state index contributed by atoms with van der Waals surface area (Å²) >= 11 is 0. The molecule has 5 heteroatoms. The summed E-state index contributed by atoms with van der Waals surface area (Å²) in [4.78, 5) is 12.1. The van der Waals surface area contributed by atoms with Gasteiger partial charge in [0.05, 0.1) is 18.8 Å². The molecule has 0 radical (unpaired) electrons. The average molecular weight is 227 g/mol. The first-order chi connectivity index (χ1) is 7.71. The van der Waals surface area contributed by atoms with Crippen molar-refractivity contribution in [3.8, 4) is 0 Å². The number of ether oxygens (including phenoxy) is 1. The zero-order valence-corrected chi connectivity index (χ0v) is 9.92. The van der Waals surface area contributed by atoms with Gasteiger partial charge in [0.25, 0.3) is 5.91 Å². The SMILES string of the molecule is CC1(C(=O)NN2CCOCC2)CCCCN1. The van der Waals surface area contributed by atoms with Crippen molar-refractivity contribution in [3.05, 3.63) is 0 Å². The molecular formula is C11H21N3O2. The lowest BCUT2D eigenvalue weighted by Crippen LogP contribution is -2.61. The molecule has 2 aliphatic heterocycles. The maximum absolute atomic E-state index is 12.1. The van der Waals surface area contributed by atoms with Crippen LogP contribution in [0.4, 0.5) is 0 Å². The van der Waals surface area contributed by atoms with Gasteiger partial charge in [-0.1, -0.05) is 0 Å². The van der Waals surface area contributed by atoms with E-state index >= 15 is 0 Å². The van der Waals surface area contributed by atoms with E-state index in [-0.39, 0.29) is 5.91 Å². The minimum absolute atomic E-state index is 0.0918. The summed E-state index contributed by atoms with van der Waals surface area (Å²) in [5, 5.41) is 5.27. The lowest BCUT2D eigenvalue weighted by molar-refractivity contribution is -0.135. The van der Waals surface area contributed by atoms with Crippen LogP contribution in [0.15, 0.2) is 0 Å². The molecule has 0 bridgehead atoms. The summed E-state index contributed by atoms with van der Waals surface area (Å²) in [6.07, 6.45) is 3.21. The zero-order valence-electron chi connectivity index (χ0n) is 9.92. The van der Waals surface area contributed by atoms with Crippen LogP contribution in [0, 0.1) is 0 Å². The number of carbonyl (C=O) groups excluding carboxylic acids is 1. The fourth-order valence-corrected chi connectivity index (χ4v) is 2.19. The second-order valence-corrected chi connectivity index (χ2v) is 4.76. The molecule has 0 aromatic heterocycles. The number of nitrogens with one attached hydrogen (secondary N) is 2. The average Bonchev–Trinajstić information content (AvgIpc) is 2.31. The number of carbonyl (C=O) groups is 1. The molecule has 92 valence electrons. The Morgan fingerprint density at radius 1 is 1.38 bits per heavy atom. The summed E-state index contributed by atoms with van der Waals surface area (Å²) in [6, 6.07) is 0. The van der Waals surface area contributed by atoms with Crippen LogP contribution < -0.4 is 10.7 Å². The predicted octanol–water partition coefficient (Wildman–Crippen LogP) is -0.118. The lowest BCUT2D eigenvalue weighted by Gasteiger charge is -2.36. The van der Waals surface area contributed by atoms with Gasteiger partial charge >= 0.3 is 0 Å². The number of hydrogen-bond donors (Lipinski definition) is 2. The van der Waals surface area contributed by atoms with E-state index in [2.05, 4.69) is 10.7 Å². The van der Waals surface area contributed by atoms with Gasteiger partial charge in [-0.05, 0) is 32.7 Å². The molecule has 1 amide bonds. The highest BCUT2D eigenvalue weighted by atomic mass is 16.5. The van der Waals surface area contributed by atoms with Crippen molar-refractivity contribution < 1.29 is 9.53 Å². The number of morpholine rings is 1. The summed E-state index contributed by atoms with van der Waals surface area (Å²) in [5.41, 5.74) is 2.59. The van der Waals surface area contributed by atoms with Gasteiger partial charge in [-0.3, -0.25) is 10.2 Å². The quantitative estimate of drug-likeness (QED) is 0.691. The highest BCUT2D eigenvalue weighted by Gasteiger charge is 2.35. The number of hydrogen-bond acceptors (Lipinski definition) is 4. The lowest BCUT2D eigenvalue weighted by atomic mass is 9.90. The summed E-state index contributed by atoms with van der Waals surface area (Å²) < 4.78 is 5.24. The van der Waals surface area contributed by atoms with Crippen LogP contribution in [-0.2, 0) is 9.53 Å². The van der Waals surface area contributed by atoms with Crippen molar-refractivity contribution in [2.75, 3.05) is 32.8 Å². The Kier molecular flexibility index (Phi) is 3.78. The standard InChI is InChI=1S/C11H21N3O2/c1-11(4-2-3-5-12-11)10(15)13-14-6-8-16-9-7-14/h12H,2-9H2,1H3,(H,13,15). The molecule has 2 heterocycles. The highest BCUT2D eigenvalue weighted by molar-refractivity contribution is 5.85. The minimum atomic E-state index is -0.392. The summed E-state index contributed by atoms with van der Waals surface area (Å²) in [5.74, 6) is 0.0918. The van der Waals surface area contributed by atoms with Crippen LogP contribution >= 0.6 is 0 Å². The largest absolute Gasteiger partial charge is 0.379 e. The van der Waals surface area contributed by atoms with Crippen LogP contribution in [0.25, 0.3) is 0 Å². The van der Waals surface area contributed by atoms with E-state index in [0.717, 1.165) is 32.5 Å². The second-order valence-electron chi connectivity index (χ2n) is 4.76. The van der Waals surface area contributed by atoms with Crippen molar-refractivity contribution in [2.45, 2.75) is 31.7 Å². The molecule has 2 saturated heterocycles. The molecule has 0 saturated carbocycles. The molecule has 0 aromatic rings. The van der Waals surface area contributed by atoms with Gasteiger partial charge in [0.15, 0.2) is 0 Å². The van der Waals surface area contributed by atoms with Crippen molar-refractivity contribution >= 4 is 5.91 Å². The molecule has 1 unspecified atom stereocenters. The highest BCUT2D eigenvalue weighted by Crippen LogP contribution is 2.18. The third kappa shape index (κ3) is 2.72. The van der Waals surface area contributed by atoms with Gasteiger partial charge in [0.2, 0.25) is 0 Å². The van der Waals surface area contributed by atoms with Crippen molar-refractivity contribution in [3.63, 3.8) is 0 Å². The number of amides is 1. The molecule has 16 heavy (non-hydrogen) atoms. The van der Waals surface area contributed by atoms with Gasteiger partial charge in [-0.25, -0.2) is 5.01 Å². The molecule has 2 N–H and O–H groups in total. The third-order valence-corrected chi connectivity index (χ3v) is 3.39. The van der Waals surface area contributed by atoms with Crippen LogP contribution in [0.1, 0.15) is 26.2 Å². The number of hydrazine groups is 1. The van der Waals surface area contributed by atoms with E-state index in [0.29, 0.717) is 13.2 Å². The maximum atomic E-state index is 12.1. The van der Waals surface area contributed by atoms with Gasteiger partial charge in [-0.2, -0.15) is 0 Å². The first-order valence-corrected chi connectivity index (χ1v) is 6.09. The Morgan fingerprint density at radius 2 is 2.12 bits per heavy atom. The summed E-state index contributed by atoms with van der Waals surface area (Å²) in [6.45, 7) is 5.88. The Bertz CT molecular complexity index is 246. The zero-order chi connectivity index (χ0) is 11.4. The number of piperidine rings is 1. The fourth-order valence-electron chi connectivity index (χ4n) is 2.19. The smallest absolute Gasteiger partial charge is 0.254 e. The molecular weight excluding hydrogens is 206 g/mol. The molecule has 2 rings (SSSR count). The van der Waals surface area contributed by atoms with Crippen LogP contribution in [-0.4, -0.2) is 49.3 Å². The summed E-state index contributed by atoms with van der Waals surface area (Å²) in [7, 11) is 0. The van der Waals surface area contributed by atoms with E-state index in [1.165, 1.54) is 6.42 Å². The van der Waals surface area contributed by atoms with Crippen molar-refractivity contribution in [1.29, 1.82) is 0 Å². The van der Waals surface area contributed by atoms with E-state index in [4.69, 9.17) is 4.74 Å². The minimum Gasteiger partial charge on any atom is -0.379 e. The topological polar surface area (TPSA) is 53.6 Å². The maximum Gasteiger partial charge on any atom is 0.254 e. The number of nitrogens with zero attached hydrogens (tertiary/aromatic N) is 1. The second kappa shape index (κ2) is 5.12. The molecule has 2 aliphatic rings. The molecule has 2 fully saturated rings. The molecule has 1 atom stereocenters.